The summed E-state index contributed by atoms with van der Waals surface area (Å²) in [4.78, 5) is 42.0. The number of piperazine rings is 1. The van der Waals surface area contributed by atoms with E-state index in [1.807, 2.05) is 43.9 Å². The maximum atomic E-state index is 12.4. The van der Waals surface area contributed by atoms with E-state index in [0.29, 0.717) is 26.2 Å². The van der Waals surface area contributed by atoms with Crippen molar-refractivity contribution >= 4 is 23.5 Å². The van der Waals surface area contributed by atoms with Crippen molar-refractivity contribution in [3.63, 3.8) is 0 Å². The molecule has 28 heavy (non-hydrogen) atoms. The van der Waals surface area contributed by atoms with Gasteiger partial charge in [-0.15, -0.1) is 0 Å². The molecule has 1 heterocycles. The number of anilines is 1. The predicted molar refractivity (Wildman–Crippen MR) is 109 cm³/mol. The van der Waals surface area contributed by atoms with Crippen molar-refractivity contribution in [2.75, 3.05) is 52.1 Å². The van der Waals surface area contributed by atoms with Gasteiger partial charge < -0.3 is 20.4 Å². The third-order valence-electron chi connectivity index (χ3n) is 5.06. The van der Waals surface area contributed by atoms with E-state index in [1.165, 1.54) is 0 Å². The molecule has 1 saturated heterocycles. The number of benzene rings is 1. The smallest absolute Gasteiger partial charge is 0.319 e. The van der Waals surface area contributed by atoms with Crippen LogP contribution in [0.1, 0.15) is 18.1 Å². The van der Waals surface area contributed by atoms with E-state index in [9.17, 15) is 14.4 Å². The number of nitrogens with one attached hydrogen (secondary N) is 2. The van der Waals surface area contributed by atoms with Gasteiger partial charge in [0.1, 0.15) is 0 Å². The Morgan fingerprint density at radius 2 is 1.64 bits per heavy atom. The lowest BCUT2D eigenvalue weighted by molar-refractivity contribution is -0.128. The Morgan fingerprint density at radius 1 is 1.07 bits per heavy atom. The fourth-order valence-corrected chi connectivity index (χ4v) is 3.26. The van der Waals surface area contributed by atoms with E-state index in [0.717, 1.165) is 16.8 Å². The van der Waals surface area contributed by atoms with Crippen LogP contribution < -0.4 is 10.6 Å². The van der Waals surface area contributed by atoms with Gasteiger partial charge in [0.2, 0.25) is 11.8 Å². The van der Waals surface area contributed by atoms with Gasteiger partial charge in [-0.05, 0) is 31.9 Å². The van der Waals surface area contributed by atoms with Crippen molar-refractivity contribution in [1.29, 1.82) is 0 Å². The molecule has 2 N–H and O–H groups in total. The summed E-state index contributed by atoms with van der Waals surface area (Å²) >= 11 is 0. The second-order valence-electron chi connectivity index (χ2n) is 7.41. The van der Waals surface area contributed by atoms with Crippen molar-refractivity contribution in [2.45, 2.75) is 26.8 Å². The molecule has 0 spiro atoms. The van der Waals surface area contributed by atoms with Gasteiger partial charge >= 0.3 is 6.03 Å². The second kappa shape index (κ2) is 9.54. The fraction of sp³-hybridized carbons (Fsp3) is 0.550. The van der Waals surface area contributed by atoms with E-state index in [-0.39, 0.29) is 30.4 Å². The molecule has 8 nitrogen and oxygen atoms in total. The van der Waals surface area contributed by atoms with E-state index in [4.69, 9.17) is 0 Å². The number of hydrogen-bond donors (Lipinski definition) is 2. The first-order chi connectivity index (χ1) is 13.2. The van der Waals surface area contributed by atoms with Gasteiger partial charge in [0.15, 0.2) is 0 Å². The Balaban J connectivity index is 1.80. The van der Waals surface area contributed by atoms with Gasteiger partial charge in [-0.3, -0.25) is 14.5 Å². The summed E-state index contributed by atoms with van der Waals surface area (Å²) in [5.41, 5.74) is 2.76. The molecule has 0 radical (unpaired) electrons. The average Bonchev–Trinajstić information content (AvgIpc) is 2.68. The number of amides is 4. The minimum atomic E-state index is -0.357. The van der Waals surface area contributed by atoms with Crippen LogP contribution in [0.3, 0.4) is 0 Å². The number of aryl methyl sites for hydroxylation is 2. The number of urea groups is 1. The first-order valence-corrected chi connectivity index (χ1v) is 9.54. The number of carbonyl (C=O) groups excluding carboxylic acids is 3. The van der Waals surface area contributed by atoms with Crippen molar-refractivity contribution in [1.82, 2.24) is 20.0 Å². The number of hydrogen-bond acceptors (Lipinski definition) is 4. The molecule has 0 saturated carbocycles. The molecule has 1 atom stereocenters. The normalized spacial score (nSPS) is 15.7. The lowest BCUT2D eigenvalue weighted by atomic mass is 10.1. The zero-order valence-electron chi connectivity index (χ0n) is 17.4. The highest BCUT2D eigenvalue weighted by molar-refractivity contribution is 5.96. The summed E-state index contributed by atoms with van der Waals surface area (Å²) in [6, 6.07) is 5.44. The third kappa shape index (κ3) is 5.45. The summed E-state index contributed by atoms with van der Waals surface area (Å²) < 4.78 is 0. The molecular weight excluding hydrogens is 358 g/mol. The number of carbonyl (C=O) groups is 3. The zero-order chi connectivity index (χ0) is 20.8. The lowest BCUT2D eigenvalue weighted by Gasteiger charge is -2.38. The zero-order valence-corrected chi connectivity index (χ0v) is 17.4. The molecule has 1 aromatic rings. The van der Waals surface area contributed by atoms with Crippen molar-refractivity contribution in [3.05, 3.63) is 29.3 Å². The summed E-state index contributed by atoms with van der Waals surface area (Å²) in [6.07, 6.45) is 0. The summed E-state index contributed by atoms with van der Waals surface area (Å²) in [5, 5.41) is 5.57. The quantitative estimate of drug-likeness (QED) is 0.788. The molecule has 1 aliphatic rings. The largest absolute Gasteiger partial charge is 0.346 e. The molecule has 1 aromatic carbocycles. The highest BCUT2D eigenvalue weighted by atomic mass is 16.2. The van der Waals surface area contributed by atoms with Crippen molar-refractivity contribution in [2.24, 2.45) is 0 Å². The lowest BCUT2D eigenvalue weighted by Crippen LogP contribution is -2.56. The van der Waals surface area contributed by atoms with E-state index < -0.39 is 0 Å². The molecule has 0 aliphatic carbocycles. The summed E-state index contributed by atoms with van der Waals surface area (Å²) in [5.74, 6) is -0.441. The Hall–Kier alpha value is -2.61. The van der Waals surface area contributed by atoms with Gasteiger partial charge in [0, 0.05) is 46.0 Å². The molecular formula is C20H31N5O3. The predicted octanol–water partition coefficient (Wildman–Crippen LogP) is 1.05. The number of nitrogens with zero attached hydrogens (tertiary/aromatic N) is 3. The highest BCUT2D eigenvalue weighted by Crippen LogP contribution is 2.19. The Bertz CT molecular complexity index is 706. The number of para-hydroxylation sites is 1. The van der Waals surface area contributed by atoms with Crippen LogP contribution in [-0.4, -0.2) is 85.4 Å². The molecule has 0 bridgehead atoms. The summed E-state index contributed by atoms with van der Waals surface area (Å²) in [7, 11) is 3.46. The van der Waals surface area contributed by atoms with Gasteiger partial charge in [0.25, 0.3) is 0 Å². The van der Waals surface area contributed by atoms with Crippen LogP contribution in [0.5, 0.6) is 0 Å². The average molecular weight is 390 g/mol. The standard InChI is InChI=1S/C20H31N5O3/c1-14-7-6-8-15(2)18(14)22-17(26)13-21-19(27)16(3)24-9-11-25(12-10-24)20(28)23(4)5/h6-8,16H,9-13H2,1-5H3,(H,21,27)(H,22,26). The Morgan fingerprint density at radius 3 is 2.18 bits per heavy atom. The number of rotatable bonds is 5. The van der Waals surface area contributed by atoms with Crippen LogP contribution in [0.25, 0.3) is 0 Å². The maximum Gasteiger partial charge on any atom is 0.319 e. The van der Waals surface area contributed by atoms with Crippen LogP contribution in [-0.2, 0) is 9.59 Å². The van der Waals surface area contributed by atoms with Crippen LogP contribution in [0.15, 0.2) is 18.2 Å². The van der Waals surface area contributed by atoms with Gasteiger partial charge in [-0.1, -0.05) is 18.2 Å². The first-order valence-electron chi connectivity index (χ1n) is 9.54. The minimum absolute atomic E-state index is 0.0140. The SMILES string of the molecule is Cc1cccc(C)c1NC(=O)CNC(=O)C(C)N1CCN(C(=O)N(C)C)CC1. The van der Waals surface area contributed by atoms with Crippen LogP contribution in [0, 0.1) is 13.8 Å². The maximum absolute atomic E-state index is 12.4. The van der Waals surface area contributed by atoms with Crippen LogP contribution in [0.4, 0.5) is 10.5 Å². The molecule has 8 heteroatoms. The van der Waals surface area contributed by atoms with Gasteiger partial charge in [-0.2, -0.15) is 0 Å². The monoisotopic (exact) mass is 389 g/mol. The topological polar surface area (TPSA) is 85.0 Å². The third-order valence-corrected chi connectivity index (χ3v) is 5.06. The molecule has 2 rings (SSSR count). The minimum Gasteiger partial charge on any atom is -0.346 e. The highest BCUT2D eigenvalue weighted by Gasteiger charge is 2.28. The van der Waals surface area contributed by atoms with Crippen LogP contribution in [0.2, 0.25) is 0 Å². The van der Waals surface area contributed by atoms with Crippen molar-refractivity contribution < 1.29 is 14.4 Å². The molecule has 0 aromatic heterocycles. The van der Waals surface area contributed by atoms with Gasteiger partial charge in [-0.25, -0.2) is 4.79 Å². The van der Waals surface area contributed by atoms with E-state index in [1.54, 1.807) is 23.9 Å². The van der Waals surface area contributed by atoms with Crippen LogP contribution >= 0.6 is 0 Å². The molecule has 154 valence electrons. The van der Waals surface area contributed by atoms with E-state index in [2.05, 4.69) is 10.6 Å². The van der Waals surface area contributed by atoms with Gasteiger partial charge in [0.05, 0.1) is 12.6 Å². The molecule has 1 fully saturated rings. The first kappa shape index (κ1) is 21.7. The van der Waals surface area contributed by atoms with Crippen molar-refractivity contribution in [3.8, 4) is 0 Å². The molecule has 1 aliphatic heterocycles. The fourth-order valence-electron chi connectivity index (χ4n) is 3.26. The van der Waals surface area contributed by atoms with E-state index >= 15 is 0 Å². The second-order valence-corrected chi connectivity index (χ2v) is 7.41. The summed E-state index contributed by atoms with van der Waals surface area (Å²) in [6.45, 7) is 8.04. The molecule has 1 unspecified atom stereocenters. The Kier molecular flexibility index (Phi) is 7.39. The molecule has 4 amide bonds. The Labute approximate surface area is 166 Å².